The Hall–Kier alpha value is -2.44. The fourth-order valence-electron chi connectivity index (χ4n) is 2.77. The average Bonchev–Trinajstić information content (AvgIpc) is 2.52. The first-order valence-corrected chi connectivity index (χ1v) is 8.82. The topological polar surface area (TPSA) is 82.6 Å². The zero-order chi connectivity index (χ0) is 16.6. The van der Waals surface area contributed by atoms with Crippen LogP contribution in [0.4, 0.5) is 5.69 Å². The number of fused-ring (bicyclic) bond motifs is 1. The summed E-state index contributed by atoms with van der Waals surface area (Å²) in [6.07, 6.45) is 3.46. The molecule has 3 aromatic rings. The van der Waals surface area contributed by atoms with Gasteiger partial charge in [-0.1, -0.05) is 24.3 Å². The molecule has 2 aromatic carbocycles. The van der Waals surface area contributed by atoms with Gasteiger partial charge in [0.25, 0.3) is 5.56 Å². The highest BCUT2D eigenvalue weighted by Crippen LogP contribution is 2.31. The van der Waals surface area contributed by atoms with E-state index in [4.69, 9.17) is 0 Å². The van der Waals surface area contributed by atoms with E-state index in [1.54, 1.807) is 17.9 Å². The molecule has 3 N–H and O–H groups in total. The third-order valence-electron chi connectivity index (χ3n) is 3.88. The molecule has 126 valence electrons. The smallest absolute Gasteiger partial charge is 0.258 e. The maximum atomic E-state index is 12.3. The van der Waals surface area contributed by atoms with Crippen LogP contribution in [0.1, 0.15) is 5.56 Å². The van der Waals surface area contributed by atoms with Gasteiger partial charge in [0, 0.05) is 36.1 Å². The molecule has 3 rings (SSSR count). The van der Waals surface area contributed by atoms with Gasteiger partial charge in [0.1, 0.15) is 11.0 Å². The van der Waals surface area contributed by atoms with Crippen LogP contribution in [0.5, 0.6) is 0 Å². The van der Waals surface area contributed by atoms with Gasteiger partial charge in [-0.05, 0) is 41.6 Å². The fraction of sp³-hybridized carbons (Fsp3) is 0.167. The summed E-state index contributed by atoms with van der Waals surface area (Å²) < 4.78 is 15.9. The van der Waals surface area contributed by atoms with Crippen molar-refractivity contribution >= 4 is 27.4 Å². The standard InChI is InChI=1S/C18H18N2O2S.H2O/c1-12-8-9-13(19-23(3)22)10-16(12)17-11-20(2)18(21)15-7-5-4-6-14(15)17;/h4-11,19H,1-3H3;1H2. The van der Waals surface area contributed by atoms with E-state index in [2.05, 4.69) is 4.72 Å². The van der Waals surface area contributed by atoms with Crippen molar-refractivity contribution in [3.8, 4) is 11.1 Å². The molecule has 1 aromatic heterocycles. The van der Waals surface area contributed by atoms with E-state index in [-0.39, 0.29) is 11.0 Å². The van der Waals surface area contributed by atoms with Crippen LogP contribution in [0, 0.1) is 6.92 Å². The molecular formula is C18H20N2O3S. The van der Waals surface area contributed by atoms with Gasteiger partial charge in [0.2, 0.25) is 0 Å². The maximum absolute atomic E-state index is 12.3. The first-order valence-electron chi connectivity index (χ1n) is 7.27. The molecule has 0 spiro atoms. The van der Waals surface area contributed by atoms with Crippen LogP contribution in [-0.4, -0.2) is 20.5 Å². The highest BCUT2D eigenvalue weighted by Gasteiger charge is 2.11. The molecule has 1 atom stereocenters. The molecule has 24 heavy (non-hydrogen) atoms. The minimum atomic E-state index is -1.13. The van der Waals surface area contributed by atoms with Gasteiger partial charge in [-0.25, -0.2) is 4.21 Å². The number of nitrogens with zero attached hydrogens (tertiary/aromatic N) is 1. The Kier molecular flexibility index (Phi) is 5.21. The lowest BCUT2D eigenvalue weighted by atomic mass is 9.96. The van der Waals surface area contributed by atoms with Crippen molar-refractivity contribution in [2.75, 3.05) is 11.0 Å². The second-order valence-electron chi connectivity index (χ2n) is 5.59. The monoisotopic (exact) mass is 344 g/mol. The van der Waals surface area contributed by atoms with Crippen LogP contribution in [0.3, 0.4) is 0 Å². The Labute approximate surface area is 142 Å². The number of hydrogen-bond acceptors (Lipinski definition) is 2. The Morgan fingerprint density at radius 2 is 1.71 bits per heavy atom. The lowest BCUT2D eigenvalue weighted by Crippen LogP contribution is -2.16. The molecule has 1 unspecified atom stereocenters. The molecule has 5 nitrogen and oxygen atoms in total. The molecule has 0 fully saturated rings. The van der Waals surface area contributed by atoms with E-state index in [1.165, 1.54) is 0 Å². The summed E-state index contributed by atoms with van der Waals surface area (Å²) in [6.45, 7) is 2.03. The van der Waals surface area contributed by atoms with Crippen LogP contribution in [0.25, 0.3) is 21.9 Å². The van der Waals surface area contributed by atoms with E-state index < -0.39 is 11.0 Å². The maximum Gasteiger partial charge on any atom is 0.258 e. The molecule has 0 aliphatic carbocycles. The summed E-state index contributed by atoms with van der Waals surface area (Å²) >= 11 is 0. The van der Waals surface area contributed by atoms with Crippen molar-refractivity contribution in [3.63, 3.8) is 0 Å². The third-order valence-corrected chi connectivity index (χ3v) is 4.40. The number of pyridine rings is 1. The summed E-state index contributed by atoms with van der Waals surface area (Å²) in [7, 11) is 0.633. The number of aromatic nitrogens is 1. The highest BCUT2D eigenvalue weighted by molar-refractivity contribution is 7.85. The Morgan fingerprint density at radius 3 is 2.38 bits per heavy atom. The predicted octanol–water partition coefficient (Wildman–Crippen LogP) is 2.39. The number of nitrogens with one attached hydrogen (secondary N) is 1. The second-order valence-corrected chi connectivity index (χ2v) is 6.70. The summed E-state index contributed by atoms with van der Waals surface area (Å²) in [5.41, 5.74) is 3.90. The predicted molar refractivity (Wildman–Crippen MR) is 101 cm³/mol. The van der Waals surface area contributed by atoms with Crippen LogP contribution >= 0.6 is 0 Å². The summed E-state index contributed by atoms with van der Waals surface area (Å²) in [5.74, 6) is 0. The van der Waals surface area contributed by atoms with Gasteiger partial charge in [-0.2, -0.15) is 0 Å². The van der Waals surface area contributed by atoms with Gasteiger partial charge in [0.15, 0.2) is 0 Å². The van der Waals surface area contributed by atoms with Gasteiger partial charge in [0.05, 0.1) is 0 Å². The molecule has 0 amide bonds. The zero-order valence-electron chi connectivity index (χ0n) is 13.8. The van der Waals surface area contributed by atoms with E-state index in [0.717, 1.165) is 27.8 Å². The number of anilines is 1. The van der Waals surface area contributed by atoms with Crippen LogP contribution in [0.2, 0.25) is 0 Å². The van der Waals surface area contributed by atoms with E-state index >= 15 is 0 Å². The van der Waals surface area contributed by atoms with Crippen molar-refractivity contribution in [2.45, 2.75) is 6.92 Å². The van der Waals surface area contributed by atoms with E-state index in [0.29, 0.717) is 5.39 Å². The average molecular weight is 344 g/mol. The second kappa shape index (κ2) is 6.98. The molecule has 0 aliphatic rings. The van der Waals surface area contributed by atoms with Gasteiger partial charge >= 0.3 is 0 Å². The number of hydrogen-bond donors (Lipinski definition) is 1. The zero-order valence-corrected chi connectivity index (χ0v) is 14.6. The van der Waals surface area contributed by atoms with Crippen molar-refractivity contribution in [2.24, 2.45) is 7.05 Å². The van der Waals surface area contributed by atoms with Crippen molar-refractivity contribution < 1.29 is 9.69 Å². The summed E-state index contributed by atoms with van der Waals surface area (Å²) in [6, 6.07) is 13.5. The first-order chi connectivity index (χ1) is 11.0. The van der Waals surface area contributed by atoms with Crippen LogP contribution in [0.15, 0.2) is 53.5 Å². The lowest BCUT2D eigenvalue weighted by molar-refractivity contribution is 0.690. The van der Waals surface area contributed by atoms with Crippen molar-refractivity contribution in [3.05, 3.63) is 64.6 Å². The molecule has 0 saturated heterocycles. The Bertz CT molecular complexity index is 980. The van der Waals surface area contributed by atoms with Gasteiger partial charge < -0.3 is 14.8 Å². The van der Waals surface area contributed by atoms with Crippen molar-refractivity contribution in [1.82, 2.24) is 4.57 Å². The van der Waals surface area contributed by atoms with Crippen LogP contribution < -0.4 is 10.3 Å². The molecule has 0 aliphatic heterocycles. The van der Waals surface area contributed by atoms with Gasteiger partial charge in [-0.3, -0.25) is 4.79 Å². The van der Waals surface area contributed by atoms with E-state index in [9.17, 15) is 9.00 Å². The number of rotatable bonds is 3. The summed E-state index contributed by atoms with van der Waals surface area (Å²) in [4.78, 5) is 12.3. The number of aryl methyl sites for hydroxylation is 2. The Balaban J connectivity index is 0.00000208. The normalized spacial score (nSPS) is 11.8. The minimum absolute atomic E-state index is 0. The minimum Gasteiger partial charge on any atom is -0.412 e. The van der Waals surface area contributed by atoms with Gasteiger partial charge in [-0.15, -0.1) is 0 Å². The number of benzene rings is 2. The highest BCUT2D eigenvalue weighted by atomic mass is 32.2. The molecule has 0 saturated carbocycles. The molecular weight excluding hydrogens is 324 g/mol. The molecule has 6 heteroatoms. The first kappa shape index (κ1) is 17.9. The molecule has 0 radical (unpaired) electrons. The molecule has 0 bridgehead atoms. The van der Waals surface area contributed by atoms with Crippen LogP contribution in [-0.2, 0) is 18.0 Å². The third kappa shape index (κ3) is 3.25. The summed E-state index contributed by atoms with van der Waals surface area (Å²) in [5, 5.41) is 1.62. The SMILES string of the molecule is Cc1ccc(NS(C)=O)cc1-c1cn(C)c(=O)c2ccccc12.O. The molecule has 1 heterocycles. The van der Waals surface area contributed by atoms with E-state index in [1.807, 2.05) is 55.6 Å². The quantitative estimate of drug-likeness (QED) is 0.791. The largest absolute Gasteiger partial charge is 0.412 e. The Morgan fingerprint density at radius 1 is 1.04 bits per heavy atom. The lowest BCUT2D eigenvalue weighted by Gasteiger charge is -2.13. The van der Waals surface area contributed by atoms with Crippen molar-refractivity contribution in [1.29, 1.82) is 0 Å². The fourth-order valence-corrected chi connectivity index (χ4v) is 3.23.